The fourth-order valence-corrected chi connectivity index (χ4v) is 5.30. The van der Waals surface area contributed by atoms with Gasteiger partial charge in [0.15, 0.2) is 0 Å². The number of carbonyl (C=O) groups is 1. The Balaban J connectivity index is 1.21. The zero-order chi connectivity index (χ0) is 25.5. The lowest BCUT2D eigenvalue weighted by Gasteiger charge is -2.40. The van der Waals surface area contributed by atoms with Crippen molar-refractivity contribution in [2.24, 2.45) is 0 Å². The highest BCUT2D eigenvalue weighted by Gasteiger charge is 2.29. The number of para-hydroxylation sites is 1. The molecule has 0 N–H and O–H groups in total. The lowest BCUT2D eigenvalue weighted by atomic mass is 9.96. The van der Waals surface area contributed by atoms with Crippen LogP contribution in [0.15, 0.2) is 103 Å². The van der Waals surface area contributed by atoms with Crippen molar-refractivity contribution in [2.45, 2.75) is 6.04 Å². The summed E-state index contributed by atoms with van der Waals surface area (Å²) in [4.78, 5) is 22.0. The summed E-state index contributed by atoms with van der Waals surface area (Å²) in [6, 6.07) is 33.8. The van der Waals surface area contributed by atoms with Crippen molar-refractivity contribution in [1.29, 1.82) is 5.26 Å². The van der Waals surface area contributed by atoms with E-state index in [9.17, 15) is 10.1 Å². The van der Waals surface area contributed by atoms with Gasteiger partial charge in [-0.15, -0.1) is 0 Å². The molecule has 0 bridgehead atoms. The lowest BCUT2D eigenvalue weighted by molar-refractivity contribution is -0.128. The van der Waals surface area contributed by atoms with Gasteiger partial charge in [0.1, 0.15) is 11.6 Å². The first-order valence-corrected chi connectivity index (χ1v) is 13.0. The minimum Gasteiger partial charge on any atom is -0.373 e. The van der Waals surface area contributed by atoms with E-state index >= 15 is 0 Å². The largest absolute Gasteiger partial charge is 0.373 e. The van der Waals surface area contributed by atoms with Crippen LogP contribution < -0.4 is 4.90 Å². The van der Waals surface area contributed by atoms with E-state index < -0.39 is 0 Å². The molecule has 0 atom stereocenters. The molecule has 2 saturated heterocycles. The van der Waals surface area contributed by atoms with Gasteiger partial charge >= 0.3 is 0 Å². The van der Waals surface area contributed by atoms with Gasteiger partial charge in [-0.1, -0.05) is 78.9 Å². The molecule has 0 saturated carbocycles. The zero-order valence-electron chi connectivity index (χ0n) is 21.1. The van der Waals surface area contributed by atoms with Crippen LogP contribution in [0.1, 0.15) is 17.2 Å². The Bertz CT molecular complexity index is 1180. The molecule has 0 radical (unpaired) electrons. The Hall–Kier alpha value is -4.08. The van der Waals surface area contributed by atoms with Crippen molar-refractivity contribution in [1.82, 2.24) is 14.7 Å². The predicted octanol–water partition coefficient (Wildman–Crippen LogP) is 4.15. The summed E-state index contributed by atoms with van der Waals surface area (Å²) in [7, 11) is 0. The van der Waals surface area contributed by atoms with Gasteiger partial charge in [-0.3, -0.25) is 9.69 Å². The van der Waals surface area contributed by atoms with Crippen LogP contribution in [0.4, 0.5) is 5.69 Å². The summed E-state index contributed by atoms with van der Waals surface area (Å²) in [6.45, 7) is 6.04. The smallest absolute Gasteiger partial charge is 0.266 e. The van der Waals surface area contributed by atoms with Crippen molar-refractivity contribution in [3.05, 3.63) is 114 Å². The highest BCUT2D eigenvalue weighted by Crippen LogP contribution is 2.29. The second-order valence-electron chi connectivity index (χ2n) is 9.57. The number of hydrogen-bond donors (Lipinski definition) is 0. The fraction of sp³-hybridized carbons (Fsp3) is 0.290. The lowest BCUT2D eigenvalue weighted by Crippen LogP contribution is -2.50. The summed E-state index contributed by atoms with van der Waals surface area (Å²) in [5.74, 6) is -0.163. The van der Waals surface area contributed by atoms with Crippen molar-refractivity contribution in [3.63, 3.8) is 0 Å². The summed E-state index contributed by atoms with van der Waals surface area (Å²) in [6.07, 6.45) is 1.77. The van der Waals surface area contributed by atoms with Gasteiger partial charge in [-0.05, 0) is 23.3 Å². The van der Waals surface area contributed by atoms with E-state index in [1.54, 1.807) is 6.20 Å². The first-order chi connectivity index (χ1) is 18.2. The Morgan fingerprint density at radius 3 is 1.73 bits per heavy atom. The number of hydrogen-bond acceptors (Lipinski definition) is 5. The van der Waals surface area contributed by atoms with E-state index in [0.717, 1.165) is 39.3 Å². The molecule has 3 aromatic rings. The van der Waals surface area contributed by atoms with Crippen LogP contribution in [0.2, 0.25) is 0 Å². The van der Waals surface area contributed by atoms with Crippen LogP contribution in [-0.2, 0) is 4.79 Å². The molecule has 0 spiro atoms. The van der Waals surface area contributed by atoms with Crippen molar-refractivity contribution >= 4 is 11.6 Å². The minimum atomic E-state index is -0.163. The first-order valence-electron chi connectivity index (χ1n) is 13.0. The number of anilines is 1. The van der Waals surface area contributed by atoms with E-state index in [2.05, 4.69) is 93.6 Å². The van der Waals surface area contributed by atoms with Crippen molar-refractivity contribution in [2.75, 3.05) is 57.3 Å². The highest BCUT2D eigenvalue weighted by molar-refractivity contribution is 5.97. The molecule has 0 aliphatic carbocycles. The molecule has 0 aromatic heterocycles. The van der Waals surface area contributed by atoms with E-state index in [1.807, 2.05) is 23.1 Å². The van der Waals surface area contributed by atoms with Crippen LogP contribution in [0.5, 0.6) is 0 Å². The molecule has 2 aliphatic heterocycles. The number of amides is 1. The topological polar surface area (TPSA) is 53.8 Å². The van der Waals surface area contributed by atoms with Crippen molar-refractivity contribution in [3.8, 4) is 6.07 Å². The molecule has 6 nitrogen and oxygen atoms in total. The molecule has 3 aromatic carbocycles. The van der Waals surface area contributed by atoms with Crippen LogP contribution >= 0.6 is 0 Å². The van der Waals surface area contributed by atoms with Gasteiger partial charge in [-0.25, -0.2) is 0 Å². The van der Waals surface area contributed by atoms with E-state index in [1.165, 1.54) is 16.8 Å². The molecular formula is C31H33N5O. The molecule has 5 rings (SSSR count). The average Bonchev–Trinajstić information content (AvgIpc) is 2.98. The third kappa shape index (κ3) is 5.84. The first kappa shape index (κ1) is 24.6. The van der Waals surface area contributed by atoms with Crippen molar-refractivity contribution < 1.29 is 4.79 Å². The number of benzene rings is 3. The summed E-state index contributed by atoms with van der Waals surface area (Å²) < 4.78 is 0. The molecule has 0 unspecified atom stereocenters. The standard InChI is InChI=1S/C31H33N5O/c32-24-28(25-33-16-18-34(19-17-33)29-14-8-3-9-15-29)31(37)36-22-20-35(21-23-36)30(26-10-4-1-5-11-26)27-12-6-2-7-13-27/h1-15,25,30H,16-23H2/b28-25-. The third-order valence-electron chi connectivity index (χ3n) is 7.30. The average molecular weight is 492 g/mol. The summed E-state index contributed by atoms with van der Waals surface area (Å²) >= 11 is 0. The van der Waals surface area contributed by atoms with Gasteiger partial charge in [0, 0.05) is 64.2 Å². The molecule has 1 amide bonds. The Morgan fingerprint density at radius 2 is 1.22 bits per heavy atom. The molecule has 6 heteroatoms. The SMILES string of the molecule is N#C/C(=C/N1CCN(c2ccccc2)CC1)C(=O)N1CCN(C(c2ccccc2)c2ccccc2)CC1. The number of piperazine rings is 2. The zero-order valence-corrected chi connectivity index (χ0v) is 21.1. The van der Waals surface area contributed by atoms with Gasteiger partial charge < -0.3 is 14.7 Å². The Labute approximate surface area is 219 Å². The van der Waals surface area contributed by atoms with Gasteiger partial charge in [0.25, 0.3) is 5.91 Å². The number of nitrogens with zero attached hydrogens (tertiary/aromatic N) is 5. The highest BCUT2D eigenvalue weighted by atomic mass is 16.2. The fourth-order valence-electron chi connectivity index (χ4n) is 5.30. The number of nitriles is 1. The second-order valence-corrected chi connectivity index (χ2v) is 9.57. The predicted molar refractivity (Wildman–Crippen MR) is 147 cm³/mol. The van der Waals surface area contributed by atoms with Crippen LogP contribution in [0.25, 0.3) is 0 Å². The second kappa shape index (κ2) is 11.8. The summed E-state index contributed by atoms with van der Waals surface area (Å²) in [5, 5.41) is 9.81. The minimum absolute atomic E-state index is 0.145. The molecule has 2 aliphatic rings. The number of rotatable bonds is 6. The maximum absolute atomic E-state index is 13.3. The third-order valence-corrected chi connectivity index (χ3v) is 7.30. The maximum atomic E-state index is 13.3. The van der Waals surface area contributed by atoms with Crippen LogP contribution in [0.3, 0.4) is 0 Å². The molecule has 2 fully saturated rings. The Kier molecular flexibility index (Phi) is 7.83. The van der Waals surface area contributed by atoms with Crippen LogP contribution in [0, 0.1) is 11.3 Å². The van der Waals surface area contributed by atoms with Gasteiger partial charge in [0.2, 0.25) is 0 Å². The molecule has 188 valence electrons. The van der Waals surface area contributed by atoms with Gasteiger partial charge in [-0.2, -0.15) is 5.26 Å². The monoisotopic (exact) mass is 491 g/mol. The molecule has 37 heavy (non-hydrogen) atoms. The van der Waals surface area contributed by atoms with E-state index in [4.69, 9.17) is 0 Å². The van der Waals surface area contributed by atoms with E-state index in [0.29, 0.717) is 13.1 Å². The maximum Gasteiger partial charge on any atom is 0.266 e. The molecular weight excluding hydrogens is 458 g/mol. The number of carbonyl (C=O) groups excluding carboxylic acids is 1. The molecule has 2 heterocycles. The van der Waals surface area contributed by atoms with E-state index in [-0.39, 0.29) is 17.5 Å². The van der Waals surface area contributed by atoms with Crippen LogP contribution in [-0.4, -0.2) is 73.0 Å². The quantitative estimate of drug-likeness (QED) is 0.383. The van der Waals surface area contributed by atoms with Gasteiger partial charge in [0.05, 0.1) is 6.04 Å². The normalized spacial score (nSPS) is 17.1. The Morgan fingerprint density at radius 1 is 0.703 bits per heavy atom. The summed E-state index contributed by atoms with van der Waals surface area (Å²) in [5.41, 5.74) is 3.94.